The maximum atomic E-state index is 11.8. The largest absolute Gasteiger partial charge is 0.341 e. The number of carbonyl (C=O) groups is 1. The van der Waals surface area contributed by atoms with Crippen molar-refractivity contribution in [2.75, 3.05) is 11.1 Å². The van der Waals surface area contributed by atoms with Gasteiger partial charge in [-0.2, -0.15) is 0 Å². The molecule has 5 nitrogen and oxygen atoms in total. The van der Waals surface area contributed by atoms with Crippen LogP contribution in [0.5, 0.6) is 0 Å². The number of hydrogen-bond donors (Lipinski definition) is 2. The van der Waals surface area contributed by atoms with Gasteiger partial charge in [-0.15, -0.1) is 11.8 Å². The van der Waals surface area contributed by atoms with Crippen LogP contribution in [0.25, 0.3) is 11.0 Å². The fourth-order valence-corrected chi connectivity index (χ4v) is 2.62. The van der Waals surface area contributed by atoms with Gasteiger partial charge in [0.2, 0.25) is 5.91 Å². The molecule has 2 heterocycles. The van der Waals surface area contributed by atoms with Gasteiger partial charge in [0, 0.05) is 6.20 Å². The lowest BCUT2D eigenvalue weighted by atomic mass is 10.3. The van der Waals surface area contributed by atoms with Crippen molar-refractivity contribution < 1.29 is 4.79 Å². The summed E-state index contributed by atoms with van der Waals surface area (Å²) >= 11 is 1.52. The molecule has 0 saturated carbocycles. The fraction of sp³-hybridized carbons (Fsp3) is 0.133. The molecule has 0 atom stereocenters. The van der Waals surface area contributed by atoms with E-state index in [9.17, 15) is 4.79 Å². The zero-order valence-corrected chi connectivity index (χ0v) is 12.1. The summed E-state index contributed by atoms with van der Waals surface area (Å²) in [5, 5.41) is 2.75. The standard InChI is InChI=1S/C15H14N4OS/c20-15(19-13-7-3-4-8-16-13)10-21-9-14-17-11-5-1-2-6-12(11)18-14/h1-8H,9-10H2,(H,17,18)(H,16,19,20). The first kappa shape index (κ1) is 13.6. The highest BCUT2D eigenvalue weighted by Gasteiger charge is 2.06. The predicted molar refractivity (Wildman–Crippen MR) is 85.1 cm³/mol. The van der Waals surface area contributed by atoms with Crippen LogP contribution in [0.2, 0.25) is 0 Å². The number of carbonyl (C=O) groups excluding carboxylic acids is 1. The van der Waals surface area contributed by atoms with Crippen molar-refractivity contribution in [3.05, 3.63) is 54.5 Å². The number of anilines is 1. The zero-order chi connectivity index (χ0) is 14.5. The maximum absolute atomic E-state index is 11.8. The molecular weight excluding hydrogens is 284 g/mol. The summed E-state index contributed by atoms with van der Waals surface area (Å²) in [6.45, 7) is 0. The van der Waals surface area contributed by atoms with Gasteiger partial charge in [0.1, 0.15) is 11.6 Å². The van der Waals surface area contributed by atoms with Crippen LogP contribution < -0.4 is 5.32 Å². The number of nitrogens with one attached hydrogen (secondary N) is 2. The molecule has 106 valence electrons. The highest BCUT2D eigenvalue weighted by molar-refractivity contribution is 7.99. The lowest BCUT2D eigenvalue weighted by Crippen LogP contribution is -2.15. The van der Waals surface area contributed by atoms with E-state index >= 15 is 0 Å². The quantitative estimate of drug-likeness (QED) is 0.760. The maximum Gasteiger partial charge on any atom is 0.235 e. The molecule has 0 bridgehead atoms. The van der Waals surface area contributed by atoms with Crippen LogP contribution in [0, 0.1) is 0 Å². The normalized spacial score (nSPS) is 10.7. The monoisotopic (exact) mass is 298 g/mol. The summed E-state index contributed by atoms with van der Waals surface area (Å²) in [6, 6.07) is 13.3. The number of fused-ring (bicyclic) bond motifs is 1. The van der Waals surface area contributed by atoms with Crippen LogP contribution in [0.15, 0.2) is 48.7 Å². The third kappa shape index (κ3) is 3.61. The number of rotatable bonds is 5. The Kier molecular flexibility index (Phi) is 4.16. The molecule has 0 aliphatic carbocycles. The van der Waals surface area contributed by atoms with Crippen molar-refractivity contribution in [3.63, 3.8) is 0 Å². The number of pyridine rings is 1. The number of thioether (sulfide) groups is 1. The van der Waals surface area contributed by atoms with Crippen LogP contribution in [-0.4, -0.2) is 26.6 Å². The lowest BCUT2D eigenvalue weighted by molar-refractivity contribution is -0.113. The molecule has 6 heteroatoms. The summed E-state index contributed by atoms with van der Waals surface area (Å²) in [5.41, 5.74) is 1.97. The van der Waals surface area contributed by atoms with Crippen molar-refractivity contribution in [2.24, 2.45) is 0 Å². The summed E-state index contributed by atoms with van der Waals surface area (Å²) in [7, 11) is 0. The molecule has 0 aliphatic rings. The first-order valence-corrected chi connectivity index (χ1v) is 7.69. The second kappa shape index (κ2) is 6.41. The Bertz CT molecular complexity index is 709. The smallest absolute Gasteiger partial charge is 0.235 e. The minimum atomic E-state index is -0.0604. The van der Waals surface area contributed by atoms with Gasteiger partial charge in [0.25, 0.3) is 0 Å². The van der Waals surface area contributed by atoms with Gasteiger partial charge in [-0.3, -0.25) is 4.79 Å². The van der Waals surface area contributed by atoms with Gasteiger partial charge in [-0.05, 0) is 24.3 Å². The molecule has 0 spiro atoms. The van der Waals surface area contributed by atoms with Gasteiger partial charge in [0.15, 0.2) is 0 Å². The number of benzene rings is 1. The van der Waals surface area contributed by atoms with E-state index in [-0.39, 0.29) is 5.91 Å². The van der Waals surface area contributed by atoms with E-state index in [1.165, 1.54) is 11.8 Å². The van der Waals surface area contributed by atoms with Crippen LogP contribution in [-0.2, 0) is 10.5 Å². The first-order chi connectivity index (χ1) is 10.3. The van der Waals surface area contributed by atoms with Crippen molar-refractivity contribution in [1.29, 1.82) is 0 Å². The van der Waals surface area contributed by atoms with E-state index in [1.54, 1.807) is 12.3 Å². The molecule has 3 aromatic rings. The number of imidazole rings is 1. The third-order valence-corrected chi connectivity index (χ3v) is 3.79. The van der Waals surface area contributed by atoms with Gasteiger partial charge in [-0.25, -0.2) is 9.97 Å². The topological polar surface area (TPSA) is 70.7 Å². The van der Waals surface area contributed by atoms with E-state index in [0.717, 1.165) is 16.9 Å². The Morgan fingerprint density at radius 3 is 2.86 bits per heavy atom. The lowest BCUT2D eigenvalue weighted by Gasteiger charge is -2.02. The Hall–Kier alpha value is -2.34. The molecule has 0 radical (unpaired) electrons. The molecule has 1 aromatic carbocycles. The van der Waals surface area contributed by atoms with Crippen molar-refractivity contribution in [1.82, 2.24) is 15.0 Å². The van der Waals surface area contributed by atoms with E-state index < -0.39 is 0 Å². The van der Waals surface area contributed by atoms with Gasteiger partial charge < -0.3 is 10.3 Å². The average Bonchev–Trinajstić information content (AvgIpc) is 2.91. The number of aromatic nitrogens is 3. The minimum absolute atomic E-state index is 0.0604. The minimum Gasteiger partial charge on any atom is -0.341 e. The van der Waals surface area contributed by atoms with Crippen LogP contribution >= 0.6 is 11.8 Å². The number of nitrogens with zero attached hydrogens (tertiary/aromatic N) is 2. The molecule has 2 aromatic heterocycles. The predicted octanol–water partition coefficient (Wildman–Crippen LogP) is 2.83. The highest BCUT2D eigenvalue weighted by atomic mass is 32.2. The van der Waals surface area contributed by atoms with Gasteiger partial charge >= 0.3 is 0 Å². The Morgan fingerprint density at radius 2 is 2.05 bits per heavy atom. The fourth-order valence-electron chi connectivity index (χ4n) is 1.93. The number of H-pyrrole nitrogens is 1. The molecule has 3 rings (SSSR count). The summed E-state index contributed by atoms with van der Waals surface area (Å²) < 4.78 is 0. The first-order valence-electron chi connectivity index (χ1n) is 6.53. The Balaban J connectivity index is 1.50. The van der Waals surface area contributed by atoms with E-state index in [2.05, 4.69) is 20.3 Å². The van der Waals surface area contributed by atoms with Crippen molar-refractivity contribution in [3.8, 4) is 0 Å². The highest BCUT2D eigenvalue weighted by Crippen LogP contribution is 2.15. The molecule has 0 saturated heterocycles. The van der Waals surface area contributed by atoms with Crippen LogP contribution in [0.3, 0.4) is 0 Å². The molecule has 0 fully saturated rings. The second-order valence-corrected chi connectivity index (χ2v) is 5.44. The van der Waals surface area contributed by atoms with E-state index in [1.807, 2.05) is 36.4 Å². The molecule has 0 aliphatic heterocycles. The number of amides is 1. The number of aromatic amines is 1. The molecule has 21 heavy (non-hydrogen) atoms. The molecule has 2 N–H and O–H groups in total. The van der Waals surface area contributed by atoms with E-state index in [0.29, 0.717) is 17.3 Å². The van der Waals surface area contributed by atoms with Crippen molar-refractivity contribution >= 4 is 34.5 Å². The van der Waals surface area contributed by atoms with Gasteiger partial charge in [0.05, 0.1) is 22.5 Å². The summed E-state index contributed by atoms with van der Waals surface area (Å²) in [4.78, 5) is 23.5. The second-order valence-electron chi connectivity index (χ2n) is 4.46. The summed E-state index contributed by atoms with van der Waals surface area (Å²) in [6.07, 6.45) is 1.65. The van der Waals surface area contributed by atoms with Crippen LogP contribution in [0.1, 0.15) is 5.82 Å². The molecule has 0 unspecified atom stereocenters. The van der Waals surface area contributed by atoms with Crippen molar-refractivity contribution in [2.45, 2.75) is 5.75 Å². The molecular formula is C15H14N4OS. The van der Waals surface area contributed by atoms with Gasteiger partial charge in [-0.1, -0.05) is 18.2 Å². The van der Waals surface area contributed by atoms with Crippen LogP contribution in [0.4, 0.5) is 5.82 Å². The number of hydrogen-bond acceptors (Lipinski definition) is 4. The Labute approximate surface area is 126 Å². The number of para-hydroxylation sites is 2. The molecule has 1 amide bonds. The average molecular weight is 298 g/mol. The SMILES string of the molecule is O=C(CSCc1nc2ccccc2[nH]1)Nc1ccccn1. The van der Waals surface area contributed by atoms with E-state index in [4.69, 9.17) is 0 Å². The zero-order valence-electron chi connectivity index (χ0n) is 11.2. The Morgan fingerprint density at radius 1 is 1.19 bits per heavy atom. The third-order valence-electron chi connectivity index (χ3n) is 2.84. The summed E-state index contributed by atoms with van der Waals surface area (Å²) in [5.74, 6) is 2.44.